The molecule has 2 aromatic rings. The molecule has 148 valence electrons. The quantitative estimate of drug-likeness (QED) is 0.352. The summed E-state index contributed by atoms with van der Waals surface area (Å²) >= 11 is 0. The van der Waals surface area contributed by atoms with Crippen LogP contribution in [0.25, 0.3) is 0 Å². The third-order valence-corrected chi connectivity index (χ3v) is 4.36. The van der Waals surface area contributed by atoms with Gasteiger partial charge in [0.2, 0.25) is 0 Å². The van der Waals surface area contributed by atoms with Gasteiger partial charge in [0, 0.05) is 58.4 Å². The molecule has 0 amide bonds. The molecular weight excluding hydrogens is 346 g/mol. The van der Waals surface area contributed by atoms with Crippen LogP contribution in [0.1, 0.15) is 12.2 Å². The van der Waals surface area contributed by atoms with Crippen molar-refractivity contribution in [2.45, 2.75) is 19.4 Å². The van der Waals surface area contributed by atoms with Gasteiger partial charge >= 0.3 is 0 Å². The zero-order valence-electron chi connectivity index (χ0n) is 15.7. The molecular formula is C18H29N7O2. The fourth-order valence-corrected chi connectivity index (χ4v) is 2.87. The van der Waals surface area contributed by atoms with E-state index in [2.05, 4.69) is 30.8 Å². The van der Waals surface area contributed by atoms with E-state index >= 15 is 0 Å². The van der Waals surface area contributed by atoms with Crippen LogP contribution in [-0.2, 0) is 17.7 Å². The fraction of sp³-hybridized carbons (Fsp3) is 0.611. The number of furan rings is 1. The monoisotopic (exact) mass is 375 g/mol. The van der Waals surface area contributed by atoms with E-state index in [-0.39, 0.29) is 0 Å². The predicted octanol–water partition coefficient (Wildman–Crippen LogP) is 0.371. The number of aliphatic imine (C=N–C) groups is 1. The van der Waals surface area contributed by atoms with Crippen molar-refractivity contribution in [2.24, 2.45) is 4.99 Å². The van der Waals surface area contributed by atoms with Gasteiger partial charge in [-0.1, -0.05) is 5.21 Å². The largest absolute Gasteiger partial charge is 0.469 e. The third kappa shape index (κ3) is 7.40. The van der Waals surface area contributed by atoms with Crippen LogP contribution in [0.3, 0.4) is 0 Å². The van der Waals surface area contributed by atoms with Gasteiger partial charge in [0.15, 0.2) is 5.96 Å². The lowest BCUT2D eigenvalue weighted by Crippen LogP contribution is -2.44. The molecule has 1 fully saturated rings. The highest BCUT2D eigenvalue weighted by Crippen LogP contribution is 1.99. The minimum atomic E-state index is 0.730. The normalized spacial score (nSPS) is 15.8. The Morgan fingerprint density at radius 2 is 2.07 bits per heavy atom. The molecule has 9 nitrogen and oxygen atoms in total. The van der Waals surface area contributed by atoms with Gasteiger partial charge in [-0.15, -0.1) is 5.10 Å². The van der Waals surface area contributed by atoms with Gasteiger partial charge in [-0.05, 0) is 18.6 Å². The standard InChI is InChI=1S/C18H29N7O2/c1-3-17(27-14-1)4-6-20-18(19-5-2-9-25-11-8-22-23-25)21-7-10-24-12-15-26-16-13-24/h1,3,8,11,14H,2,4-7,9-10,12-13,15-16H2,(H2,19,20,21). The van der Waals surface area contributed by atoms with Gasteiger partial charge in [0.25, 0.3) is 0 Å². The summed E-state index contributed by atoms with van der Waals surface area (Å²) < 4.78 is 12.6. The Morgan fingerprint density at radius 3 is 2.85 bits per heavy atom. The van der Waals surface area contributed by atoms with Crippen LogP contribution in [0.15, 0.2) is 40.2 Å². The summed E-state index contributed by atoms with van der Waals surface area (Å²) in [6, 6.07) is 3.90. The average molecular weight is 375 g/mol. The molecule has 9 heteroatoms. The maximum atomic E-state index is 5.39. The van der Waals surface area contributed by atoms with Crippen molar-refractivity contribution >= 4 is 5.96 Å². The Bertz CT molecular complexity index is 637. The Morgan fingerprint density at radius 1 is 1.19 bits per heavy atom. The summed E-state index contributed by atoms with van der Waals surface area (Å²) in [5.41, 5.74) is 0. The van der Waals surface area contributed by atoms with Gasteiger partial charge in [0.05, 0.1) is 25.7 Å². The molecule has 0 unspecified atom stereocenters. The highest BCUT2D eigenvalue weighted by atomic mass is 16.5. The summed E-state index contributed by atoms with van der Waals surface area (Å²) in [7, 11) is 0. The van der Waals surface area contributed by atoms with Crippen LogP contribution in [-0.4, -0.2) is 78.3 Å². The summed E-state index contributed by atoms with van der Waals surface area (Å²) in [5.74, 6) is 1.81. The number of aromatic nitrogens is 3. The molecule has 0 aliphatic carbocycles. The van der Waals surface area contributed by atoms with Crippen molar-refractivity contribution < 1.29 is 9.15 Å². The number of morpholine rings is 1. The molecule has 0 spiro atoms. The van der Waals surface area contributed by atoms with Gasteiger partial charge in [-0.25, -0.2) is 0 Å². The second-order valence-corrected chi connectivity index (χ2v) is 6.39. The zero-order chi connectivity index (χ0) is 18.6. The van der Waals surface area contributed by atoms with Crippen molar-refractivity contribution in [1.82, 2.24) is 30.5 Å². The summed E-state index contributed by atoms with van der Waals surface area (Å²) in [5, 5.41) is 14.6. The topological polar surface area (TPSA) is 92.7 Å². The number of nitrogens with zero attached hydrogens (tertiary/aromatic N) is 5. The molecule has 3 rings (SSSR count). The molecule has 2 N–H and O–H groups in total. The molecule has 0 bridgehead atoms. The number of aryl methyl sites for hydroxylation is 1. The van der Waals surface area contributed by atoms with E-state index in [1.54, 1.807) is 12.5 Å². The van der Waals surface area contributed by atoms with Gasteiger partial charge in [0.1, 0.15) is 5.76 Å². The van der Waals surface area contributed by atoms with E-state index in [1.807, 2.05) is 23.0 Å². The van der Waals surface area contributed by atoms with Gasteiger partial charge in [-0.2, -0.15) is 0 Å². The fourth-order valence-electron chi connectivity index (χ4n) is 2.87. The van der Waals surface area contributed by atoms with Crippen molar-refractivity contribution in [2.75, 3.05) is 52.5 Å². The molecule has 0 aromatic carbocycles. The highest BCUT2D eigenvalue weighted by Gasteiger charge is 2.09. The van der Waals surface area contributed by atoms with E-state index in [0.29, 0.717) is 0 Å². The molecule has 2 aromatic heterocycles. The maximum absolute atomic E-state index is 5.39. The Hall–Kier alpha value is -2.39. The SMILES string of the molecule is c1coc(CCNC(=NCCCn2ccnn2)NCCN2CCOCC2)c1. The highest BCUT2D eigenvalue weighted by molar-refractivity contribution is 5.79. The van der Waals surface area contributed by atoms with Crippen LogP contribution in [0.2, 0.25) is 0 Å². The molecule has 1 aliphatic rings. The summed E-state index contributed by atoms with van der Waals surface area (Å²) in [6.07, 6.45) is 7.01. The molecule has 0 atom stereocenters. The lowest BCUT2D eigenvalue weighted by atomic mass is 10.3. The van der Waals surface area contributed by atoms with Gasteiger partial charge < -0.3 is 19.8 Å². The van der Waals surface area contributed by atoms with Crippen molar-refractivity contribution in [3.63, 3.8) is 0 Å². The van der Waals surface area contributed by atoms with Crippen molar-refractivity contribution in [3.8, 4) is 0 Å². The van der Waals surface area contributed by atoms with E-state index < -0.39 is 0 Å². The van der Waals surface area contributed by atoms with Gasteiger partial charge in [-0.3, -0.25) is 14.6 Å². The molecule has 1 aliphatic heterocycles. The number of ether oxygens (including phenoxy) is 1. The third-order valence-electron chi connectivity index (χ3n) is 4.36. The van der Waals surface area contributed by atoms with Crippen LogP contribution in [0.5, 0.6) is 0 Å². The number of rotatable bonds is 10. The minimum absolute atomic E-state index is 0.730. The number of hydrogen-bond donors (Lipinski definition) is 2. The molecule has 27 heavy (non-hydrogen) atoms. The molecule has 0 saturated carbocycles. The Balaban J connectivity index is 1.40. The molecule has 3 heterocycles. The second kappa shape index (κ2) is 11.3. The first kappa shape index (κ1) is 19.4. The lowest BCUT2D eigenvalue weighted by Gasteiger charge is -2.26. The Labute approximate surface area is 159 Å². The van der Waals surface area contributed by atoms with Crippen molar-refractivity contribution in [3.05, 3.63) is 36.5 Å². The predicted molar refractivity (Wildman–Crippen MR) is 103 cm³/mol. The Kier molecular flexibility index (Phi) is 8.14. The van der Waals surface area contributed by atoms with E-state index in [1.165, 1.54) is 0 Å². The van der Waals surface area contributed by atoms with Crippen LogP contribution in [0, 0.1) is 0 Å². The van der Waals surface area contributed by atoms with E-state index in [0.717, 1.165) is 83.6 Å². The lowest BCUT2D eigenvalue weighted by molar-refractivity contribution is 0.0389. The zero-order valence-corrected chi connectivity index (χ0v) is 15.7. The van der Waals surface area contributed by atoms with Crippen molar-refractivity contribution in [1.29, 1.82) is 0 Å². The first-order valence-electron chi connectivity index (χ1n) is 9.59. The smallest absolute Gasteiger partial charge is 0.191 e. The summed E-state index contributed by atoms with van der Waals surface area (Å²) in [4.78, 5) is 7.09. The first-order chi connectivity index (χ1) is 13.4. The van der Waals surface area contributed by atoms with E-state index in [9.17, 15) is 0 Å². The molecule has 1 saturated heterocycles. The van der Waals surface area contributed by atoms with Crippen LogP contribution in [0.4, 0.5) is 0 Å². The number of guanidine groups is 1. The van der Waals surface area contributed by atoms with Crippen LogP contribution >= 0.6 is 0 Å². The second-order valence-electron chi connectivity index (χ2n) is 6.39. The summed E-state index contributed by atoms with van der Waals surface area (Å²) in [6.45, 7) is 7.81. The minimum Gasteiger partial charge on any atom is -0.469 e. The van der Waals surface area contributed by atoms with E-state index in [4.69, 9.17) is 9.15 Å². The number of hydrogen-bond acceptors (Lipinski definition) is 6. The number of nitrogens with one attached hydrogen (secondary N) is 2. The maximum Gasteiger partial charge on any atom is 0.191 e. The average Bonchev–Trinajstić information content (AvgIpc) is 3.40. The van der Waals surface area contributed by atoms with Crippen LogP contribution < -0.4 is 10.6 Å². The molecule has 0 radical (unpaired) electrons. The first-order valence-corrected chi connectivity index (χ1v) is 9.59.